The van der Waals surface area contributed by atoms with Crippen LogP contribution in [0.25, 0.3) is 0 Å². The lowest BCUT2D eigenvalue weighted by Gasteiger charge is -2.22. The molecule has 0 saturated carbocycles. The van der Waals surface area contributed by atoms with Gasteiger partial charge in [0.1, 0.15) is 0 Å². The molecular formula is C22H29N3O2S. The van der Waals surface area contributed by atoms with Gasteiger partial charge in [-0.3, -0.25) is 14.5 Å². The summed E-state index contributed by atoms with van der Waals surface area (Å²) in [5.41, 5.74) is 2.45. The van der Waals surface area contributed by atoms with Crippen LogP contribution in [0.5, 0.6) is 0 Å². The molecule has 0 bridgehead atoms. The van der Waals surface area contributed by atoms with Crippen molar-refractivity contribution < 1.29 is 9.59 Å². The minimum Gasteiger partial charge on any atom is -0.342 e. The van der Waals surface area contributed by atoms with Gasteiger partial charge >= 0.3 is 0 Å². The van der Waals surface area contributed by atoms with Gasteiger partial charge in [-0.1, -0.05) is 37.3 Å². The molecule has 1 N–H and O–H groups in total. The zero-order valence-corrected chi connectivity index (χ0v) is 17.6. The Morgan fingerprint density at radius 1 is 1.11 bits per heavy atom. The fourth-order valence-corrected chi connectivity index (χ4v) is 4.59. The van der Waals surface area contributed by atoms with E-state index in [0.29, 0.717) is 11.4 Å². The number of amides is 2. The maximum absolute atomic E-state index is 12.6. The number of benzene rings is 1. The highest BCUT2D eigenvalue weighted by molar-refractivity contribution is 7.14. The van der Waals surface area contributed by atoms with Crippen molar-refractivity contribution >= 4 is 23.2 Å². The number of hydrogen-bond donors (Lipinski definition) is 1. The standard InChI is InChI=1S/C22H29N3O2S/c1-3-19-17(2)14-20(28-19)22(27)23-15-21(26)25-11-7-10-24(12-13-25)16-18-8-5-4-6-9-18/h4-6,8-9,14H,3,7,10-13,15-16H2,1-2H3,(H,23,27). The highest BCUT2D eigenvalue weighted by Crippen LogP contribution is 2.22. The van der Waals surface area contributed by atoms with Crippen LogP contribution in [-0.2, 0) is 17.8 Å². The molecule has 1 aliphatic heterocycles. The van der Waals surface area contributed by atoms with Crippen LogP contribution in [0.3, 0.4) is 0 Å². The minimum absolute atomic E-state index is 0.00101. The maximum atomic E-state index is 12.6. The summed E-state index contributed by atoms with van der Waals surface area (Å²) in [7, 11) is 0. The Kier molecular flexibility index (Phi) is 7.23. The van der Waals surface area contributed by atoms with Crippen molar-refractivity contribution in [2.24, 2.45) is 0 Å². The summed E-state index contributed by atoms with van der Waals surface area (Å²) in [5, 5.41) is 2.80. The lowest BCUT2D eigenvalue weighted by molar-refractivity contribution is -0.130. The molecule has 2 amide bonds. The Balaban J connectivity index is 1.47. The van der Waals surface area contributed by atoms with E-state index in [2.05, 4.69) is 41.4 Å². The summed E-state index contributed by atoms with van der Waals surface area (Å²) in [6.07, 6.45) is 1.88. The third kappa shape index (κ3) is 5.42. The molecule has 6 heteroatoms. The zero-order valence-electron chi connectivity index (χ0n) is 16.7. The first-order chi connectivity index (χ1) is 13.6. The first-order valence-corrected chi connectivity index (χ1v) is 10.8. The smallest absolute Gasteiger partial charge is 0.261 e. The molecule has 0 atom stereocenters. The number of nitrogens with zero attached hydrogens (tertiary/aromatic N) is 2. The van der Waals surface area contributed by atoms with Crippen LogP contribution < -0.4 is 5.32 Å². The van der Waals surface area contributed by atoms with Gasteiger partial charge < -0.3 is 10.2 Å². The van der Waals surface area contributed by atoms with E-state index < -0.39 is 0 Å². The van der Waals surface area contributed by atoms with Gasteiger partial charge in [0.25, 0.3) is 5.91 Å². The summed E-state index contributed by atoms with van der Waals surface area (Å²) < 4.78 is 0. The molecule has 0 spiro atoms. The van der Waals surface area contributed by atoms with E-state index >= 15 is 0 Å². The van der Waals surface area contributed by atoms with Crippen molar-refractivity contribution in [3.63, 3.8) is 0 Å². The second-order valence-electron chi connectivity index (χ2n) is 7.25. The first-order valence-electron chi connectivity index (χ1n) is 9.98. The predicted molar refractivity (Wildman–Crippen MR) is 114 cm³/mol. The van der Waals surface area contributed by atoms with Crippen LogP contribution in [0.1, 0.15) is 39.0 Å². The molecule has 28 heavy (non-hydrogen) atoms. The maximum Gasteiger partial charge on any atom is 0.261 e. The summed E-state index contributed by atoms with van der Waals surface area (Å²) >= 11 is 1.52. The van der Waals surface area contributed by atoms with Crippen molar-refractivity contribution in [1.82, 2.24) is 15.1 Å². The molecular weight excluding hydrogens is 370 g/mol. The van der Waals surface area contributed by atoms with Crippen LogP contribution in [0, 0.1) is 6.92 Å². The molecule has 5 nitrogen and oxygen atoms in total. The fourth-order valence-electron chi connectivity index (χ4n) is 3.56. The van der Waals surface area contributed by atoms with E-state index in [1.807, 2.05) is 24.0 Å². The molecule has 1 aromatic heterocycles. The minimum atomic E-state index is -0.151. The van der Waals surface area contributed by atoms with Gasteiger partial charge in [0, 0.05) is 37.6 Å². The molecule has 0 aliphatic carbocycles. The van der Waals surface area contributed by atoms with E-state index in [9.17, 15) is 9.59 Å². The number of rotatable bonds is 6. The lowest BCUT2D eigenvalue weighted by atomic mass is 10.2. The summed E-state index contributed by atoms with van der Waals surface area (Å²) in [6, 6.07) is 12.3. The molecule has 150 valence electrons. The average Bonchev–Trinajstić information content (AvgIpc) is 2.93. The van der Waals surface area contributed by atoms with Crippen LogP contribution in [0.15, 0.2) is 36.4 Å². The number of carbonyl (C=O) groups is 2. The lowest BCUT2D eigenvalue weighted by Crippen LogP contribution is -2.41. The molecule has 0 unspecified atom stereocenters. The van der Waals surface area contributed by atoms with Crippen molar-refractivity contribution in [1.29, 1.82) is 0 Å². The highest BCUT2D eigenvalue weighted by atomic mass is 32.1. The molecule has 1 aromatic carbocycles. The number of nitrogens with one attached hydrogen (secondary N) is 1. The molecule has 1 fully saturated rings. The molecule has 2 heterocycles. The SMILES string of the molecule is CCc1sc(C(=O)NCC(=O)N2CCCN(Cc3ccccc3)CC2)cc1C. The number of thiophene rings is 1. The van der Waals surface area contributed by atoms with E-state index in [-0.39, 0.29) is 18.4 Å². The Labute approximate surface area is 171 Å². The quantitative estimate of drug-likeness (QED) is 0.812. The van der Waals surface area contributed by atoms with Crippen LogP contribution in [-0.4, -0.2) is 54.3 Å². The van der Waals surface area contributed by atoms with Crippen molar-refractivity contribution in [3.8, 4) is 0 Å². The fraction of sp³-hybridized carbons (Fsp3) is 0.455. The third-order valence-electron chi connectivity index (χ3n) is 5.16. The summed E-state index contributed by atoms with van der Waals surface area (Å²) in [6.45, 7) is 8.39. The van der Waals surface area contributed by atoms with Gasteiger partial charge in [0.15, 0.2) is 0 Å². The molecule has 0 radical (unpaired) electrons. The average molecular weight is 400 g/mol. The van der Waals surface area contributed by atoms with E-state index in [0.717, 1.165) is 44.6 Å². The summed E-state index contributed by atoms with van der Waals surface area (Å²) in [4.78, 5) is 31.1. The Morgan fingerprint density at radius 2 is 1.89 bits per heavy atom. The second kappa shape index (κ2) is 9.85. The molecule has 1 saturated heterocycles. The largest absolute Gasteiger partial charge is 0.342 e. The van der Waals surface area contributed by atoms with Gasteiger partial charge in [-0.05, 0) is 37.0 Å². The van der Waals surface area contributed by atoms with E-state index in [1.54, 1.807) is 0 Å². The normalized spacial score (nSPS) is 15.3. The number of aryl methyl sites for hydroxylation is 2. The Morgan fingerprint density at radius 3 is 2.61 bits per heavy atom. The van der Waals surface area contributed by atoms with Gasteiger partial charge in [0.05, 0.1) is 11.4 Å². The van der Waals surface area contributed by atoms with Crippen LogP contribution in [0.2, 0.25) is 0 Å². The second-order valence-corrected chi connectivity index (χ2v) is 8.39. The van der Waals surface area contributed by atoms with Gasteiger partial charge in [-0.2, -0.15) is 0 Å². The zero-order chi connectivity index (χ0) is 19.9. The molecule has 1 aliphatic rings. The van der Waals surface area contributed by atoms with Gasteiger partial charge in [0.2, 0.25) is 5.91 Å². The first kappa shape index (κ1) is 20.6. The highest BCUT2D eigenvalue weighted by Gasteiger charge is 2.20. The predicted octanol–water partition coefficient (Wildman–Crippen LogP) is 3.08. The Bertz CT molecular complexity index is 803. The summed E-state index contributed by atoms with van der Waals surface area (Å²) in [5.74, 6) is -0.152. The number of hydrogen-bond acceptors (Lipinski definition) is 4. The van der Waals surface area contributed by atoms with Crippen molar-refractivity contribution in [2.45, 2.75) is 33.2 Å². The van der Waals surface area contributed by atoms with Crippen LogP contribution in [0.4, 0.5) is 0 Å². The monoisotopic (exact) mass is 399 g/mol. The van der Waals surface area contributed by atoms with Gasteiger partial charge in [-0.25, -0.2) is 0 Å². The third-order valence-corrected chi connectivity index (χ3v) is 6.54. The van der Waals surface area contributed by atoms with Gasteiger partial charge in [-0.15, -0.1) is 11.3 Å². The van der Waals surface area contributed by atoms with Crippen LogP contribution >= 0.6 is 11.3 Å². The van der Waals surface area contributed by atoms with Crippen molar-refractivity contribution in [2.75, 3.05) is 32.7 Å². The topological polar surface area (TPSA) is 52.7 Å². The Hall–Kier alpha value is -2.18. The van der Waals surface area contributed by atoms with Crippen molar-refractivity contribution in [3.05, 3.63) is 57.3 Å². The van der Waals surface area contributed by atoms with E-state index in [4.69, 9.17) is 0 Å². The van der Waals surface area contributed by atoms with E-state index in [1.165, 1.54) is 21.8 Å². The number of carbonyl (C=O) groups excluding carboxylic acids is 2. The molecule has 2 aromatic rings. The molecule has 3 rings (SSSR count).